The molecule has 2 aliphatic rings. The molecule has 114 valence electrons. The summed E-state index contributed by atoms with van der Waals surface area (Å²) in [5.74, 6) is 1.27. The molecule has 6 heteroatoms. The highest BCUT2D eigenvalue weighted by Gasteiger charge is 2.37. The fourth-order valence-corrected chi connectivity index (χ4v) is 3.44. The minimum atomic E-state index is 0.0994. The van der Waals surface area contributed by atoms with E-state index < -0.39 is 0 Å². The lowest BCUT2D eigenvalue weighted by molar-refractivity contribution is -0.135. The van der Waals surface area contributed by atoms with Crippen LogP contribution in [0, 0.1) is 5.92 Å². The van der Waals surface area contributed by atoms with Gasteiger partial charge in [-0.25, -0.2) is 9.97 Å². The number of anilines is 1. The van der Waals surface area contributed by atoms with Crippen LogP contribution in [0.1, 0.15) is 12.8 Å². The van der Waals surface area contributed by atoms with Gasteiger partial charge in [-0.15, -0.1) is 0 Å². The molecule has 0 unspecified atom stereocenters. The van der Waals surface area contributed by atoms with Gasteiger partial charge in [0.25, 0.3) is 0 Å². The predicted octanol–water partition coefficient (Wildman–Crippen LogP) is 2.34. The first-order valence-electron chi connectivity index (χ1n) is 7.66. The monoisotopic (exact) mass is 316 g/mol. The van der Waals surface area contributed by atoms with Crippen molar-refractivity contribution < 1.29 is 4.79 Å². The fraction of sp³-hybridized carbons (Fsp3) is 0.438. The molecular formula is C16H17ClN4O. The number of rotatable bonds is 2. The molecule has 5 nitrogen and oxygen atoms in total. The molecular weight excluding hydrogens is 300 g/mol. The van der Waals surface area contributed by atoms with Gasteiger partial charge >= 0.3 is 0 Å². The quantitative estimate of drug-likeness (QED) is 0.853. The highest BCUT2D eigenvalue weighted by Crippen LogP contribution is 2.31. The van der Waals surface area contributed by atoms with Crippen LogP contribution in [0.2, 0.25) is 5.02 Å². The largest absolute Gasteiger partial charge is 0.354 e. The van der Waals surface area contributed by atoms with Gasteiger partial charge in [-0.2, -0.15) is 0 Å². The molecule has 2 saturated heterocycles. The summed E-state index contributed by atoms with van der Waals surface area (Å²) in [4.78, 5) is 25.2. The third-order valence-electron chi connectivity index (χ3n) is 4.52. The SMILES string of the molecule is O=C(C1CN(c2ncnc3ccc(Cl)cc23)C1)N1CCCC1. The van der Waals surface area contributed by atoms with Crippen LogP contribution >= 0.6 is 11.6 Å². The van der Waals surface area contributed by atoms with E-state index in [1.54, 1.807) is 6.33 Å². The number of benzene rings is 1. The van der Waals surface area contributed by atoms with Gasteiger partial charge in [-0.3, -0.25) is 4.79 Å². The van der Waals surface area contributed by atoms with Crippen LogP contribution in [0.4, 0.5) is 5.82 Å². The normalized spacial score (nSPS) is 18.8. The summed E-state index contributed by atoms with van der Waals surface area (Å²) in [6.07, 6.45) is 3.84. The van der Waals surface area contributed by atoms with Gasteiger partial charge in [0.05, 0.1) is 11.4 Å². The Morgan fingerprint density at radius 2 is 1.95 bits per heavy atom. The average Bonchev–Trinajstić information content (AvgIpc) is 3.00. The van der Waals surface area contributed by atoms with Gasteiger partial charge in [0, 0.05) is 36.6 Å². The molecule has 2 fully saturated rings. The van der Waals surface area contributed by atoms with Crippen LogP contribution in [0.25, 0.3) is 10.9 Å². The maximum absolute atomic E-state index is 12.4. The standard InChI is InChI=1S/C16H17ClN4O/c17-12-3-4-14-13(7-12)15(19-10-18-14)21-8-11(9-21)16(22)20-5-1-2-6-20/h3-4,7,10-11H,1-2,5-6,8-9H2. The Bertz CT molecular complexity index is 723. The van der Waals surface area contributed by atoms with Crippen molar-refractivity contribution in [1.29, 1.82) is 0 Å². The Balaban J connectivity index is 1.53. The third kappa shape index (κ3) is 2.29. The van der Waals surface area contributed by atoms with Gasteiger partial charge in [0.1, 0.15) is 12.1 Å². The Kier molecular flexibility index (Phi) is 3.37. The molecule has 0 N–H and O–H groups in total. The maximum atomic E-state index is 12.4. The van der Waals surface area contributed by atoms with Gasteiger partial charge in [0.15, 0.2) is 0 Å². The summed E-state index contributed by atoms with van der Waals surface area (Å²) < 4.78 is 0. The highest BCUT2D eigenvalue weighted by atomic mass is 35.5. The lowest BCUT2D eigenvalue weighted by atomic mass is 9.98. The Morgan fingerprint density at radius 1 is 1.18 bits per heavy atom. The second-order valence-corrected chi connectivity index (χ2v) is 6.43. The lowest BCUT2D eigenvalue weighted by Gasteiger charge is -2.41. The predicted molar refractivity (Wildman–Crippen MR) is 86.1 cm³/mol. The summed E-state index contributed by atoms with van der Waals surface area (Å²) in [7, 11) is 0. The molecule has 3 heterocycles. The van der Waals surface area contributed by atoms with Gasteiger partial charge in [-0.1, -0.05) is 11.6 Å². The highest BCUT2D eigenvalue weighted by molar-refractivity contribution is 6.31. The first kappa shape index (κ1) is 13.8. The fourth-order valence-electron chi connectivity index (χ4n) is 3.27. The molecule has 2 aliphatic heterocycles. The van der Waals surface area contributed by atoms with Crippen molar-refractivity contribution in [2.45, 2.75) is 12.8 Å². The van der Waals surface area contributed by atoms with Crippen molar-refractivity contribution in [2.75, 3.05) is 31.1 Å². The zero-order chi connectivity index (χ0) is 15.1. The average molecular weight is 317 g/mol. The molecule has 0 saturated carbocycles. The van der Waals surface area contributed by atoms with E-state index in [9.17, 15) is 4.79 Å². The van der Waals surface area contributed by atoms with E-state index >= 15 is 0 Å². The van der Waals surface area contributed by atoms with Crippen LogP contribution in [0.15, 0.2) is 24.5 Å². The molecule has 0 bridgehead atoms. The van der Waals surface area contributed by atoms with Gasteiger partial charge < -0.3 is 9.80 Å². The number of carbonyl (C=O) groups is 1. The van der Waals surface area contributed by atoms with Crippen molar-refractivity contribution in [1.82, 2.24) is 14.9 Å². The number of fused-ring (bicyclic) bond motifs is 1. The van der Waals surface area contributed by atoms with Crippen molar-refractivity contribution >= 4 is 34.2 Å². The number of aromatic nitrogens is 2. The molecule has 1 aromatic heterocycles. The molecule has 22 heavy (non-hydrogen) atoms. The van der Waals surface area contributed by atoms with E-state index in [0.29, 0.717) is 10.9 Å². The molecule has 2 aromatic rings. The zero-order valence-electron chi connectivity index (χ0n) is 12.2. The third-order valence-corrected chi connectivity index (χ3v) is 4.76. The smallest absolute Gasteiger partial charge is 0.229 e. The minimum absolute atomic E-state index is 0.0994. The topological polar surface area (TPSA) is 49.3 Å². The van der Waals surface area contributed by atoms with Gasteiger partial charge in [0.2, 0.25) is 5.91 Å². The van der Waals surface area contributed by atoms with Crippen molar-refractivity contribution in [3.63, 3.8) is 0 Å². The van der Waals surface area contributed by atoms with Crippen LogP contribution in [-0.4, -0.2) is 47.0 Å². The number of carbonyl (C=O) groups excluding carboxylic acids is 1. The number of hydrogen-bond donors (Lipinski definition) is 0. The summed E-state index contributed by atoms with van der Waals surface area (Å²) in [6.45, 7) is 3.30. The lowest BCUT2D eigenvalue weighted by Crippen LogP contribution is -2.54. The summed E-state index contributed by atoms with van der Waals surface area (Å²) in [6, 6.07) is 5.62. The minimum Gasteiger partial charge on any atom is -0.354 e. The number of amides is 1. The molecule has 1 aromatic carbocycles. The zero-order valence-corrected chi connectivity index (χ0v) is 13.0. The molecule has 0 atom stereocenters. The Labute approximate surface area is 133 Å². The first-order chi connectivity index (χ1) is 10.7. The van der Waals surface area contributed by atoms with E-state index in [4.69, 9.17) is 11.6 Å². The number of likely N-dealkylation sites (tertiary alicyclic amines) is 1. The molecule has 1 amide bonds. The number of hydrogen-bond acceptors (Lipinski definition) is 4. The van der Waals surface area contributed by atoms with Crippen LogP contribution in [0.5, 0.6) is 0 Å². The molecule has 0 radical (unpaired) electrons. The maximum Gasteiger partial charge on any atom is 0.229 e. The van der Waals surface area contributed by atoms with Crippen molar-refractivity contribution in [3.8, 4) is 0 Å². The van der Waals surface area contributed by atoms with Crippen molar-refractivity contribution in [3.05, 3.63) is 29.5 Å². The second kappa shape index (κ2) is 5.39. The summed E-state index contributed by atoms with van der Waals surface area (Å²) in [5.41, 5.74) is 0.878. The van der Waals surface area contributed by atoms with Crippen molar-refractivity contribution in [2.24, 2.45) is 5.92 Å². The first-order valence-corrected chi connectivity index (χ1v) is 8.04. The summed E-state index contributed by atoms with van der Waals surface area (Å²) in [5, 5.41) is 1.62. The second-order valence-electron chi connectivity index (χ2n) is 5.99. The Hall–Kier alpha value is -1.88. The van der Waals surface area contributed by atoms with Crippen LogP contribution in [-0.2, 0) is 4.79 Å². The van der Waals surface area contributed by atoms with E-state index in [1.807, 2.05) is 23.1 Å². The van der Waals surface area contributed by atoms with E-state index in [-0.39, 0.29) is 5.92 Å². The van der Waals surface area contributed by atoms with Crippen LogP contribution < -0.4 is 4.90 Å². The number of halogens is 1. The van der Waals surface area contributed by atoms with E-state index in [1.165, 1.54) is 0 Å². The summed E-state index contributed by atoms with van der Waals surface area (Å²) >= 11 is 6.09. The molecule has 0 aliphatic carbocycles. The molecule has 4 rings (SSSR count). The van der Waals surface area contributed by atoms with Gasteiger partial charge in [-0.05, 0) is 31.0 Å². The van der Waals surface area contributed by atoms with E-state index in [0.717, 1.165) is 55.7 Å². The Morgan fingerprint density at radius 3 is 2.73 bits per heavy atom. The van der Waals surface area contributed by atoms with Crippen LogP contribution in [0.3, 0.4) is 0 Å². The molecule has 0 spiro atoms. The number of nitrogens with zero attached hydrogens (tertiary/aromatic N) is 4. The van der Waals surface area contributed by atoms with E-state index in [2.05, 4.69) is 14.9 Å².